The van der Waals surface area contributed by atoms with Gasteiger partial charge in [-0.2, -0.15) is 0 Å². The predicted molar refractivity (Wildman–Crippen MR) is 124 cm³/mol. The molecule has 1 aliphatic rings. The monoisotopic (exact) mass is 455 g/mol. The molecule has 0 aliphatic carbocycles. The highest BCUT2D eigenvalue weighted by Gasteiger charge is 2.22. The van der Waals surface area contributed by atoms with Crippen LogP contribution >= 0.6 is 0 Å². The number of amides is 1. The zero-order valence-electron chi connectivity index (χ0n) is 19.1. The lowest BCUT2D eigenvalue weighted by Crippen LogP contribution is -2.48. The summed E-state index contributed by atoms with van der Waals surface area (Å²) in [5.74, 6) is -0.603. The van der Waals surface area contributed by atoms with Crippen molar-refractivity contribution in [1.82, 2.24) is 4.90 Å². The Labute approximate surface area is 193 Å². The van der Waals surface area contributed by atoms with Gasteiger partial charge in [0, 0.05) is 31.9 Å². The molecule has 0 radical (unpaired) electrons. The van der Waals surface area contributed by atoms with Crippen LogP contribution in [0.3, 0.4) is 0 Å². The standard InChI is InChI=1S/C24H29N3O6/c1-4-33-21-8-6-5-7-20(21)27-11-9-26(10-12-27)16-22(28)25-19-14-17(23(29)31-2)13-18(15-19)24(30)32-3/h5-8,13-15H,4,9-12,16H2,1-3H3,(H,25,28). The molecule has 2 aromatic rings. The lowest BCUT2D eigenvalue weighted by molar-refractivity contribution is -0.117. The molecule has 2 aromatic carbocycles. The smallest absolute Gasteiger partial charge is 0.337 e. The maximum Gasteiger partial charge on any atom is 0.337 e. The van der Waals surface area contributed by atoms with Crippen molar-refractivity contribution >= 4 is 29.2 Å². The number of anilines is 2. The molecule has 0 aromatic heterocycles. The third-order valence-electron chi connectivity index (χ3n) is 5.30. The lowest BCUT2D eigenvalue weighted by Gasteiger charge is -2.36. The average molecular weight is 456 g/mol. The van der Waals surface area contributed by atoms with Gasteiger partial charge in [0.1, 0.15) is 5.75 Å². The van der Waals surface area contributed by atoms with Crippen molar-refractivity contribution in [3.05, 3.63) is 53.6 Å². The fraction of sp³-hybridized carbons (Fsp3) is 0.375. The van der Waals surface area contributed by atoms with Crippen LogP contribution in [0, 0.1) is 0 Å². The Morgan fingerprint density at radius 2 is 1.52 bits per heavy atom. The number of para-hydroxylation sites is 2. The molecule has 0 bridgehead atoms. The molecule has 1 amide bonds. The first-order valence-corrected chi connectivity index (χ1v) is 10.8. The molecule has 176 valence electrons. The zero-order valence-corrected chi connectivity index (χ0v) is 19.1. The van der Waals surface area contributed by atoms with E-state index in [9.17, 15) is 14.4 Å². The number of nitrogens with one attached hydrogen (secondary N) is 1. The average Bonchev–Trinajstić information content (AvgIpc) is 2.83. The highest BCUT2D eigenvalue weighted by molar-refractivity contribution is 5.99. The van der Waals surface area contributed by atoms with Gasteiger partial charge in [0.25, 0.3) is 0 Å². The van der Waals surface area contributed by atoms with Gasteiger partial charge in [-0.05, 0) is 37.3 Å². The van der Waals surface area contributed by atoms with E-state index >= 15 is 0 Å². The fourth-order valence-electron chi connectivity index (χ4n) is 3.72. The van der Waals surface area contributed by atoms with Crippen LogP contribution in [0.5, 0.6) is 5.75 Å². The number of carbonyl (C=O) groups excluding carboxylic acids is 3. The SMILES string of the molecule is CCOc1ccccc1N1CCN(CC(=O)Nc2cc(C(=O)OC)cc(C(=O)OC)c2)CC1. The normalized spacial score (nSPS) is 13.8. The van der Waals surface area contributed by atoms with Crippen molar-refractivity contribution in [2.75, 3.05) is 63.8 Å². The van der Waals surface area contributed by atoms with Gasteiger partial charge in [0.2, 0.25) is 5.91 Å². The van der Waals surface area contributed by atoms with Crippen LogP contribution in [0.2, 0.25) is 0 Å². The van der Waals surface area contributed by atoms with Gasteiger partial charge in [0.15, 0.2) is 0 Å². The second kappa shape index (κ2) is 11.3. The van der Waals surface area contributed by atoms with E-state index < -0.39 is 11.9 Å². The molecule has 1 fully saturated rings. The molecule has 3 rings (SSSR count). The van der Waals surface area contributed by atoms with Gasteiger partial charge < -0.3 is 24.4 Å². The molecule has 9 nitrogen and oxygen atoms in total. The van der Waals surface area contributed by atoms with E-state index in [1.54, 1.807) is 0 Å². The summed E-state index contributed by atoms with van der Waals surface area (Å²) in [7, 11) is 2.50. The fourth-order valence-corrected chi connectivity index (χ4v) is 3.72. The number of benzene rings is 2. The van der Waals surface area contributed by atoms with Gasteiger partial charge in [0.05, 0.1) is 44.2 Å². The van der Waals surface area contributed by atoms with Gasteiger partial charge in [-0.25, -0.2) is 9.59 Å². The molecular formula is C24H29N3O6. The number of nitrogens with zero attached hydrogens (tertiary/aromatic N) is 2. The molecule has 1 aliphatic heterocycles. The van der Waals surface area contributed by atoms with E-state index in [1.165, 1.54) is 32.4 Å². The van der Waals surface area contributed by atoms with Crippen LogP contribution in [0.25, 0.3) is 0 Å². The van der Waals surface area contributed by atoms with E-state index in [0.29, 0.717) is 25.4 Å². The summed E-state index contributed by atoms with van der Waals surface area (Å²) >= 11 is 0. The van der Waals surface area contributed by atoms with Crippen molar-refractivity contribution in [1.29, 1.82) is 0 Å². The number of esters is 2. The highest BCUT2D eigenvalue weighted by atomic mass is 16.5. The van der Waals surface area contributed by atoms with Crippen molar-refractivity contribution in [2.24, 2.45) is 0 Å². The summed E-state index contributed by atoms with van der Waals surface area (Å²) < 4.78 is 15.2. The number of piperazine rings is 1. The third-order valence-corrected chi connectivity index (χ3v) is 5.30. The summed E-state index contributed by atoms with van der Waals surface area (Å²) in [6.07, 6.45) is 0. The molecule has 0 unspecified atom stereocenters. The van der Waals surface area contributed by atoms with Crippen LogP contribution in [0.1, 0.15) is 27.6 Å². The number of rotatable bonds is 8. The number of hydrogen-bond donors (Lipinski definition) is 1. The molecule has 0 spiro atoms. The Bertz CT molecular complexity index is 967. The Morgan fingerprint density at radius 1 is 0.909 bits per heavy atom. The molecule has 1 saturated heterocycles. The first kappa shape index (κ1) is 24.1. The van der Waals surface area contributed by atoms with Crippen LogP contribution in [-0.4, -0.2) is 76.3 Å². The third kappa shape index (κ3) is 6.23. The molecular weight excluding hydrogens is 426 g/mol. The predicted octanol–water partition coefficient (Wildman–Crippen LogP) is 2.42. The quantitative estimate of drug-likeness (QED) is 0.606. The summed E-state index contributed by atoms with van der Waals surface area (Å²) in [6, 6.07) is 12.3. The maximum absolute atomic E-state index is 12.7. The Kier molecular flexibility index (Phi) is 8.26. The van der Waals surface area contributed by atoms with E-state index in [0.717, 1.165) is 24.5 Å². The molecule has 0 saturated carbocycles. The Hall–Kier alpha value is -3.59. The van der Waals surface area contributed by atoms with Crippen LogP contribution in [-0.2, 0) is 14.3 Å². The first-order chi connectivity index (χ1) is 15.9. The first-order valence-electron chi connectivity index (χ1n) is 10.8. The zero-order chi connectivity index (χ0) is 23.8. The number of methoxy groups -OCH3 is 2. The van der Waals surface area contributed by atoms with E-state index in [-0.39, 0.29) is 23.6 Å². The minimum Gasteiger partial charge on any atom is -0.492 e. The van der Waals surface area contributed by atoms with E-state index in [2.05, 4.69) is 15.1 Å². The van der Waals surface area contributed by atoms with Gasteiger partial charge in [-0.1, -0.05) is 12.1 Å². The van der Waals surface area contributed by atoms with Crippen molar-refractivity contribution in [2.45, 2.75) is 6.92 Å². The van der Waals surface area contributed by atoms with Crippen LogP contribution in [0.4, 0.5) is 11.4 Å². The largest absolute Gasteiger partial charge is 0.492 e. The van der Waals surface area contributed by atoms with E-state index in [4.69, 9.17) is 14.2 Å². The van der Waals surface area contributed by atoms with Crippen molar-refractivity contribution in [3.63, 3.8) is 0 Å². The van der Waals surface area contributed by atoms with Crippen LogP contribution < -0.4 is 15.0 Å². The number of carbonyl (C=O) groups is 3. The Morgan fingerprint density at radius 3 is 2.09 bits per heavy atom. The van der Waals surface area contributed by atoms with Gasteiger partial charge in [-0.15, -0.1) is 0 Å². The minimum atomic E-state index is -0.611. The molecule has 1 heterocycles. The van der Waals surface area contributed by atoms with Crippen LogP contribution in [0.15, 0.2) is 42.5 Å². The summed E-state index contributed by atoms with van der Waals surface area (Å²) in [6.45, 7) is 5.71. The summed E-state index contributed by atoms with van der Waals surface area (Å²) in [5.41, 5.74) is 1.68. The number of hydrogen-bond acceptors (Lipinski definition) is 8. The molecule has 33 heavy (non-hydrogen) atoms. The summed E-state index contributed by atoms with van der Waals surface area (Å²) in [5, 5.41) is 2.77. The van der Waals surface area contributed by atoms with Gasteiger partial charge in [-0.3, -0.25) is 9.69 Å². The lowest BCUT2D eigenvalue weighted by atomic mass is 10.1. The second-order valence-corrected chi connectivity index (χ2v) is 7.49. The Balaban J connectivity index is 1.61. The molecule has 0 atom stereocenters. The topological polar surface area (TPSA) is 97.4 Å². The molecule has 9 heteroatoms. The summed E-state index contributed by atoms with van der Waals surface area (Å²) in [4.78, 5) is 40.8. The highest BCUT2D eigenvalue weighted by Crippen LogP contribution is 2.28. The molecule has 1 N–H and O–H groups in total. The maximum atomic E-state index is 12.7. The van der Waals surface area contributed by atoms with E-state index in [1.807, 2.05) is 31.2 Å². The minimum absolute atomic E-state index is 0.150. The van der Waals surface area contributed by atoms with Gasteiger partial charge >= 0.3 is 11.9 Å². The number of ether oxygens (including phenoxy) is 3. The van der Waals surface area contributed by atoms with Crippen molar-refractivity contribution < 1.29 is 28.6 Å². The second-order valence-electron chi connectivity index (χ2n) is 7.49. The van der Waals surface area contributed by atoms with Crippen molar-refractivity contribution in [3.8, 4) is 5.75 Å².